The van der Waals surface area contributed by atoms with E-state index in [4.69, 9.17) is 4.74 Å². The predicted molar refractivity (Wildman–Crippen MR) is 103 cm³/mol. The zero-order valence-electron chi connectivity index (χ0n) is 15.9. The molecule has 0 aliphatic carbocycles. The van der Waals surface area contributed by atoms with E-state index in [9.17, 15) is 17.6 Å². The van der Waals surface area contributed by atoms with Gasteiger partial charge in [-0.15, -0.1) is 0 Å². The Morgan fingerprint density at radius 2 is 2.00 bits per heavy atom. The molecule has 0 atom stereocenters. The van der Waals surface area contributed by atoms with Crippen molar-refractivity contribution in [3.8, 4) is 16.9 Å². The predicted octanol–water partition coefficient (Wildman–Crippen LogP) is 4.49. The first-order chi connectivity index (χ1) is 14.3. The maximum absolute atomic E-state index is 14.6. The van der Waals surface area contributed by atoms with Crippen LogP contribution in [0, 0.1) is 12.7 Å². The van der Waals surface area contributed by atoms with E-state index in [0.717, 1.165) is 10.6 Å². The number of fused-ring (bicyclic) bond motifs is 1. The molecule has 0 unspecified atom stereocenters. The standard InChI is InChI=1S/C20H17F4N5O/c1-12-8-13(4-5-25-12)15-3-2-14(9-16(15)21)27-19-26-10-17-18(28-19)29(6-7-30-17)11-20(22,23)24/h2-5,8-10H,6-7,11H2,1H3,(H,26,27,28). The van der Waals surface area contributed by atoms with E-state index in [1.807, 2.05) is 6.92 Å². The monoisotopic (exact) mass is 419 g/mol. The smallest absolute Gasteiger partial charge is 0.405 e. The molecule has 0 amide bonds. The summed E-state index contributed by atoms with van der Waals surface area (Å²) in [5.41, 5.74) is 2.22. The molecule has 1 aliphatic rings. The van der Waals surface area contributed by atoms with Crippen LogP contribution in [0.1, 0.15) is 5.69 Å². The van der Waals surface area contributed by atoms with E-state index in [-0.39, 0.29) is 30.7 Å². The minimum atomic E-state index is -4.38. The third-order valence-corrected chi connectivity index (χ3v) is 4.46. The summed E-state index contributed by atoms with van der Waals surface area (Å²) in [6.45, 7) is 0.836. The lowest BCUT2D eigenvalue weighted by Gasteiger charge is -2.30. The third kappa shape index (κ3) is 4.42. The van der Waals surface area contributed by atoms with Crippen molar-refractivity contribution in [3.63, 3.8) is 0 Å². The molecule has 6 nitrogen and oxygen atoms in total. The molecule has 1 aromatic carbocycles. The third-order valence-electron chi connectivity index (χ3n) is 4.46. The Bertz CT molecular complexity index is 1070. The Balaban J connectivity index is 1.58. The fourth-order valence-corrected chi connectivity index (χ4v) is 3.16. The summed E-state index contributed by atoms with van der Waals surface area (Å²) in [5, 5.41) is 2.83. The van der Waals surface area contributed by atoms with Gasteiger partial charge in [0, 0.05) is 23.1 Å². The molecule has 156 valence electrons. The lowest BCUT2D eigenvalue weighted by Crippen LogP contribution is -2.40. The topological polar surface area (TPSA) is 63.2 Å². The van der Waals surface area contributed by atoms with Crippen LogP contribution in [0.2, 0.25) is 0 Å². The molecule has 1 N–H and O–H groups in total. The highest BCUT2D eigenvalue weighted by molar-refractivity contribution is 5.68. The molecule has 2 aromatic heterocycles. The maximum atomic E-state index is 14.6. The number of rotatable bonds is 4. The van der Waals surface area contributed by atoms with Gasteiger partial charge in [-0.2, -0.15) is 18.2 Å². The fourth-order valence-electron chi connectivity index (χ4n) is 3.16. The van der Waals surface area contributed by atoms with Crippen molar-refractivity contribution in [2.24, 2.45) is 0 Å². The Hall–Kier alpha value is -3.43. The summed E-state index contributed by atoms with van der Waals surface area (Å²) >= 11 is 0. The molecule has 0 saturated carbocycles. The van der Waals surface area contributed by atoms with Gasteiger partial charge in [0.1, 0.15) is 19.0 Å². The van der Waals surface area contributed by atoms with Crippen LogP contribution in [0.3, 0.4) is 0 Å². The summed E-state index contributed by atoms with van der Waals surface area (Å²) in [6.07, 6.45) is -1.47. The number of aromatic nitrogens is 3. The van der Waals surface area contributed by atoms with Crippen LogP contribution in [0.25, 0.3) is 11.1 Å². The Morgan fingerprint density at radius 1 is 1.17 bits per heavy atom. The number of nitrogens with one attached hydrogen (secondary N) is 1. The van der Waals surface area contributed by atoms with Gasteiger partial charge in [0.15, 0.2) is 11.6 Å². The van der Waals surface area contributed by atoms with Crippen molar-refractivity contribution in [3.05, 3.63) is 54.2 Å². The highest BCUT2D eigenvalue weighted by Gasteiger charge is 2.34. The minimum absolute atomic E-state index is 0.0401. The SMILES string of the molecule is Cc1cc(-c2ccc(Nc3ncc4c(n3)N(CC(F)(F)F)CCO4)cc2F)ccn1. The lowest BCUT2D eigenvalue weighted by molar-refractivity contribution is -0.120. The van der Waals surface area contributed by atoms with Crippen LogP contribution in [0.4, 0.5) is 35.0 Å². The van der Waals surface area contributed by atoms with Crippen molar-refractivity contribution >= 4 is 17.5 Å². The normalized spacial score (nSPS) is 13.6. The number of anilines is 3. The van der Waals surface area contributed by atoms with Crippen molar-refractivity contribution in [2.45, 2.75) is 13.1 Å². The lowest BCUT2D eigenvalue weighted by atomic mass is 10.1. The van der Waals surface area contributed by atoms with Crippen molar-refractivity contribution in [1.82, 2.24) is 15.0 Å². The van der Waals surface area contributed by atoms with E-state index < -0.39 is 18.5 Å². The van der Waals surface area contributed by atoms with Crippen LogP contribution in [0.5, 0.6) is 5.75 Å². The first kappa shape index (κ1) is 19.9. The van der Waals surface area contributed by atoms with E-state index in [1.165, 1.54) is 12.3 Å². The fraction of sp³-hybridized carbons (Fsp3) is 0.250. The van der Waals surface area contributed by atoms with Crippen LogP contribution >= 0.6 is 0 Å². The summed E-state index contributed by atoms with van der Waals surface area (Å²) < 4.78 is 58.5. The molecule has 0 bridgehead atoms. The van der Waals surface area contributed by atoms with Crippen LogP contribution in [0.15, 0.2) is 42.7 Å². The average Bonchev–Trinajstić information content (AvgIpc) is 2.67. The molecule has 0 fully saturated rings. The molecular formula is C20H17F4N5O. The second kappa shape index (κ2) is 7.77. The molecule has 30 heavy (non-hydrogen) atoms. The molecule has 4 rings (SSSR count). The number of benzene rings is 1. The van der Waals surface area contributed by atoms with Crippen molar-refractivity contribution in [1.29, 1.82) is 0 Å². The summed E-state index contributed by atoms with van der Waals surface area (Å²) in [6, 6.07) is 8.00. The van der Waals surface area contributed by atoms with Gasteiger partial charge in [-0.05, 0) is 42.8 Å². The summed E-state index contributed by atoms with van der Waals surface area (Å²) in [7, 11) is 0. The van der Waals surface area contributed by atoms with Gasteiger partial charge in [-0.3, -0.25) is 4.98 Å². The highest BCUT2D eigenvalue weighted by atomic mass is 19.4. The Morgan fingerprint density at radius 3 is 2.73 bits per heavy atom. The van der Waals surface area contributed by atoms with E-state index in [0.29, 0.717) is 16.8 Å². The molecule has 0 saturated heterocycles. The number of halogens is 4. The number of alkyl halides is 3. The summed E-state index contributed by atoms with van der Waals surface area (Å²) in [4.78, 5) is 13.4. The number of aryl methyl sites for hydroxylation is 1. The molecule has 3 aromatic rings. The first-order valence-electron chi connectivity index (χ1n) is 9.10. The maximum Gasteiger partial charge on any atom is 0.405 e. The second-order valence-electron chi connectivity index (χ2n) is 6.77. The zero-order chi connectivity index (χ0) is 21.3. The van der Waals surface area contributed by atoms with Gasteiger partial charge in [-0.25, -0.2) is 9.37 Å². The molecule has 0 radical (unpaired) electrons. The van der Waals surface area contributed by atoms with Gasteiger partial charge < -0.3 is 15.0 Å². The molecule has 3 heterocycles. The van der Waals surface area contributed by atoms with Crippen molar-refractivity contribution < 1.29 is 22.3 Å². The molecular weight excluding hydrogens is 402 g/mol. The van der Waals surface area contributed by atoms with Crippen molar-refractivity contribution in [2.75, 3.05) is 29.9 Å². The van der Waals surface area contributed by atoms with Gasteiger partial charge in [-0.1, -0.05) is 0 Å². The van der Waals surface area contributed by atoms with E-state index >= 15 is 0 Å². The molecule has 10 heteroatoms. The largest absolute Gasteiger partial charge is 0.486 e. The van der Waals surface area contributed by atoms with Gasteiger partial charge in [0.25, 0.3) is 0 Å². The molecule has 0 spiro atoms. The first-order valence-corrected chi connectivity index (χ1v) is 9.10. The number of hydrogen-bond acceptors (Lipinski definition) is 6. The van der Waals surface area contributed by atoms with Crippen LogP contribution in [-0.4, -0.2) is 40.8 Å². The summed E-state index contributed by atoms with van der Waals surface area (Å²) in [5.74, 6) is -0.213. The quantitative estimate of drug-likeness (QED) is 0.629. The number of hydrogen-bond donors (Lipinski definition) is 1. The van der Waals surface area contributed by atoms with E-state index in [1.54, 1.807) is 30.5 Å². The number of nitrogens with zero attached hydrogens (tertiary/aromatic N) is 4. The highest BCUT2D eigenvalue weighted by Crippen LogP contribution is 2.33. The number of pyridine rings is 1. The Kier molecular flexibility index (Phi) is 5.15. The van der Waals surface area contributed by atoms with Gasteiger partial charge in [0.2, 0.25) is 5.95 Å². The minimum Gasteiger partial charge on any atom is -0.486 e. The zero-order valence-corrected chi connectivity index (χ0v) is 15.9. The average molecular weight is 419 g/mol. The second-order valence-corrected chi connectivity index (χ2v) is 6.77. The molecule has 1 aliphatic heterocycles. The van der Waals surface area contributed by atoms with Gasteiger partial charge in [0.05, 0.1) is 12.7 Å². The van der Waals surface area contributed by atoms with E-state index in [2.05, 4.69) is 20.3 Å². The van der Waals surface area contributed by atoms with Crippen LogP contribution in [-0.2, 0) is 0 Å². The van der Waals surface area contributed by atoms with Gasteiger partial charge >= 0.3 is 6.18 Å². The Labute approximate surface area is 169 Å². The van der Waals surface area contributed by atoms with Crippen LogP contribution < -0.4 is 15.0 Å². The number of ether oxygens (including phenoxy) is 1.